The van der Waals surface area contributed by atoms with E-state index in [9.17, 15) is 13.9 Å². The maximum absolute atomic E-state index is 13.1. The molecular formula is C15H12F2N2O. The van der Waals surface area contributed by atoms with Gasteiger partial charge in [0.2, 0.25) is 0 Å². The lowest BCUT2D eigenvalue weighted by molar-refractivity contribution is 0.157. The third-order valence-corrected chi connectivity index (χ3v) is 3.17. The SMILES string of the molecule is OC(Cn1cnc2ccccc21)c1cc(F)cc(F)c1. The molecule has 3 aromatic rings. The molecule has 1 N–H and O–H groups in total. The first-order chi connectivity index (χ1) is 9.63. The summed E-state index contributed by atoms with van der Waals surface area (Å²) in [4.78, 5) is 4.20. The molecule has 5 heteroatoms. The van der Waals surface area contributed by atoms with E-state index in [2.05, 4.69) is 4.98 Å². The van der Waals surface area contributed by atoms with Gasteiger partial charge in [0.15, 0.2) is 0 Å². The quantitative estimate of drug-likeness (QED) is 0.797. The fourth-order valence-corrected chi connectivity index (χ4v) is 2.22. The van der Waals surface area contributed by atoms with Crippen molar-refractivity contribution < 1.29 is 13.9 Å². The number of rotatable bonds is 3. The Morgan fingerprint density at radius 1 is 1.10 bits per heavy atom. The molecule has 0 aliphatic heterocycles. The molecule has 0 saturated carbocycles. The molecule has 1 unspecified atom stereocenters. The van der Waals surface area contributed by atoms with E-state index in [0.717, 1.165) is 29.2 Å². The van der Waals surface area contributed by atoms with E-state index in [1.807, 2.05) is 24.3 Å². The summed E-state index contributed by atoms with van der Waals surface area (Å²) in [5.74, 6) is -1.40. The third kappa shape index (κ3) is 2.40. The van der Waals surface area contributed by atoms with E-state index in [-0.39, 0.29) is 12.1 Å². The van der Waals surface area contributed by atoms with Gasteiger partial charge in [0.05, 0.1) is 30.0 Å². The van der Waals surface area contributed by atoms with Crippen molar-refractivity contribution in [1.82, 2.24) is 9.55 Å². The van der Waals surface area contributed by atoms with E-state index in [1.165, 1.54) is 0 Å². The van der Waals surface area contributed by atoms with E-state index < -0.39 is 17.7 Å². The minimum absolute atomic E-state index is 0.184. The molecular weight excluding hydrogens is 262 g/mol. The lowest BCUT2D eigenvalue weighted by Crippen LogP contribution is -2.08. The zero-order valence-corrected chi connectivity index (χ0v) is 10.5. The molecule has 102 valence electrons. The van der Waals surface area contributed by atoms with Gasteiger partial charge < -0.3 is 9.67 Å². The minimum atomic E-state index is -1.00. The Hall–Kier alpha value is -2.27. The summed E-state index contributed by atoms with van der Waals surface area (Å²) in [5.41, 5.74) is 1.88. The van der Waals surface area contributed by atoms with Gasteiger partial charge in [0.1, 0.15) is 11.6 Å². The zero-order chi connectivity index (χ0) is 14.1. The Bertz CT molecular complexity index is 734. The number of hydrogen-bond acceptors (Lipinski definition) is 2. The van der Waals surface area contributed by atoms with Crippen LogP contribution in [-0.4, -0.2) is 14.7 Å². The lowest BCUT2D eigenvalue weighted by Gasteiger charge is -2.13. The fraction of sp³-hybridized carbons (Fsp3) is 0.133. The van der Waals surface area contributed by atoms with Crippen molar-refractivity contribution in [2.24, 2.45) is 0 Å². The van der Waals surface area contributed by atoms with Gasteiger partial charge in [-0.1, -0.05) is 12.1 Å². The van der Waals surface area contributed by atoms with Crippen molar-refractivity contribution in [3.8, 4) is 0 Å². The van der Waals surface area contributed by atoms with Crippen LogP contribution >= 0.6 is 0 Å². The summed E-state index contributed by atoms with van der Waals surface area (Å²) in [5, 5.41) is 10.1. The molecule has 3 rings (SSSR count). The predicted octanol–water partition coefficient (Wildman–Crippen LogP) is 3.05. The van der Waals surface area contributed by atoms with Gasteiger partial charge in [0.25, 0.3) is 0 Å². The second kappa shape index (κ2) is 5.02. The van der Waals surface area contributed by atoms with E-state index in [0.29, 0.717) is 0 Å². The molecule has 1 atom stereocenters. The number of aliphatic hydroxyl groups excluding tert-OH is 1. The number of imidazole rings is 1. The van der Waals surface area contributed by atoms with Gasteiger partial charge in [0, 0.05) is 6.07 Å². The molecule has 0 bridgehead atoms. The summed E-state index contributed by atoms with van der Waals surface area (Å²) >= 11 is 0. The minimum Gasteiger partial charge on any atom is -0.387 e. The van der Waals surface area contributed by atoms with Crippen LogP contribution in [0.2, 0.25) is 0 Å². The summed E-state index contributed by atoms with van der Waals surface area (Å²) in [7, 11) is 0. The topological polar surface area (TPSA) is 38.0 Å². The van der Waals surface area contributed by atoms with Crippen LogP contribution in [0.4, 0.5) is 8.78 Å². The maximum Gasteiger partial charge on any atom is 0.126 e. The van der Waals surface area contributed by atoms with Gasteiger partial charge in [-0.05, 0) is 29.8 Å². The Labute approximate surface area is 114 Å². The number of benzene rings is 2. The number of para-hydroxylation sites is 2. The average Bonchev–Trinajstić information content (AvgIpc) is 2.81. The van der Waals surface area contributed by atoms with Gasteiger partial charge in [-0.3, -0.25) is 0 Å². The van der Waals surface area contributed by atoms with E-state index in [1.54, 1.807) is 10.9 Å². The van der Waals surface area contributed by atoms with Crippen LogP contribution in [0.15, 0.2) is 48.8 Å². The van der Waals surface area contributed by atoms with E-state index >= 15 is 0 Å². The number of aliphatic hydroxyl groups is 1. The molecule has 0 amide bonds. The zero-order valence-electron chi connectivity index (χ0n) is 10.5. The first kappa shape index (κ1) is 12.7. The van der Waals surface area contributed by atoms with Crippen LogP contribution in [-0.2, 0) is 6.54 Å². The Morgan fingerprint density at radius 2 is 1.80 bits per heavy atom. The highest BCUT2D eigenvalue weighted by Gasteiger charge is 2.12. The maximum atomic E-state index is 13.1. The molecule has 0 radical (unpaired) electrons. The van der Waals surface area contributed by atoms with Gasteiger partial charge >= 0.3 is 0 Å². The summed E-state index contributed by atoms with van der Waals surface area (Å²) in [6.07, 6.45) is 0.599. The summed E-state index contributed by atoms with van der Waals surface area (Å²) < 4.78 is 28.1. The molecule has 2 aromatic carbocycles. The Balaban J connectivity index is 1.90. The highest BCUT2D eigenvalue weighted by molar-refractivity contribution is 5.74. The van der Waals surface area contributed by atoms with Crippen molar-refractivity contribution in [1.29, 1.82) is 0 Å². The van der Waals surface area contributed by atoms with Crippen LogP contribution < -0.4 is 0 Å². The smallest absolute Gasteiger partial charge is 0.126 e. The number of aromatic nitrogens is 2. The summed E-state index contributed by atoms with van der Waals surface area (Å²) in [6.45, 7) is 0.184. The van der Waals surface area contributed by atoms with Crippen molar-refractivity contribution in [2.75, 3.05) is 0 Å². The first-order valence-electron chi connectivity index (χ1n) is 6.17. The Morgan fingerprint density at radius 3 is 2.55 bits per heavy atom. The standard InChI is InChI=1S/C15H12F2N2O/c16-11-5-10(6-12(17)7-11)15(20)8-19-9-18-13-3-1-2-4-14(13)19/h1-7,9,15,20H,8H2. The molecule has 0 aliphatic carbocycles. The highest BCUT2D eigenvalue weighted by atomic mass is 19.1. The van der Waals surface area contributed by atoms with Crippen molar-refractivity contribution in [2.45, 2.75) is 12.6 Å². The largest absolute Gasteiger partial charge is 0.387 e. The van der Waals surface area contributed by atoms with Gasteiger partial charge in [-0.2, -0.15) is 0 Å². The summed E-state index contributed by atoms with van der Waals surface area (Å²) in [6, 6.07) is 10.5. The number of fused-ring (bicyclic) bond motifs is 1. The van der Waals surface area contributed by atoms with Crippen LogP contribution in [0.3, 0.4) is 0 Å². The third-order valence-electron chi connectivity index (χ3n) is 3.17. The number of nitrogens with zero attached hydrogens (tertiary/aromatic N) is 2. The normalized spacial score (nSPS) is 12.8. The van der Waals surface area contributed by atoms with Crippen LogP contribution in [0, 0.1) is 11.6 Å². The van der Waals surface area contributed by atoms with E-state index in [4.69, 9.17) is 0 Å². The fourth-order valence-electron chi connectivity index (χ4n) is 2.22. The Kier molecular flexibility index (Phi) is 3.20. The molecule has 0 spiro atoms. The molecule has 1 aromatic heterocycles. The second-order valence-electron chi connectivity index (χ2n) is 4.60. The predicted molar refractivity (Wildman–Crippen MR) is 71.1 cm³/mol. The molecule has 20 heavy (non-hydrogen) atoms. The van der Waals surface area contributed by atoms with Crippen molar-refractivity contribution >= 4 is 11.0 Å². The molecule has 0 aliphatic rings. The average molecular weight is 274 g/mol. The molecule has 0 fully saturated rings. The van der Waals surface area contributed by atoms with Crippen LogP contribution in [0.1, 0.15) is 11.7 Å². The highest BCUT2D eigenvalue weighted by Crippen LogP contribution is 2.20. The van der Waals surface area contributed by atoms with Crippen LogP contribution in [0.25, 0.3) is 11.0 Å². The van der Waals surface area contributed by atoms with Gasteiger partial charge in [-0.25, -0.2) is 13.8 Å². The van der Waals surface area contributed by atoms with Gasteiger partial charge in [-0.15, -0.1) is 0 Å². The first-order valence-corrected chi connectivity index (χ1v) is 6.17. The molecule has 1 heterocycles. The molecule has 3 nitrogen and oxygen atoms in total. The lowest BCUT2D eigenvalue weighted by atomic mass is 10.1. The number of halogens is 2. The van der Waals surface area contributed by atoms with Crippen LogP contribution in [0.5, 0.6) is 0 Å². The second-order valence-corrected chi connectivity index (χ2v) is 4.60. The monoisotopic (exact) mass is 274 g/mol. The van der Waals surface area contributed by atoms with Crippen molar-refractivity contribution in [3.63, 3.8) is 0 Å². The number of hydrogen-bond donors (Lipinski definition) is 1. The van der Waals surface area contributed by atoms with Crippen molar-refractivity contribution in [3.05, 3.63) is 66.0 Å². The molecule has 0 saturated heterocycles.